The SMILES string of the molecule is COc1c(CN2O[C@@H](CO)[C@@H]([C@H](C)O)[C@H]2C(=O)N[C@H]2C[C@H]3C[C@@H]([C@@H]2C)C3(C)C)cccc1-c1cc(C(=O)NS(=O)(=O)Cc2ccccc2)cc(N(C)C)c1.COc1c(CN2O[C@@H](CO)[C@H]([C@H](C)O)[C@H]2C(=O)N[C@H]2C[C@H]3C[C@@H]([C@@H]2C)C3(C)C)cccc1-c1cccc(C(=O)N[C@@H](CCc2ccccc2)CN(C)C)c1. The van der Waals surface area contributed by atoms with Crippen LogP contribution in [0.25, 0.3) is 22.3 Å². The number of aliphatic hydroxyl groups excluding tert-OH is 4. The quantitative estimate of drug-likeness (QED) is 0.0227. The Labute approximate surface area is 638 Å². The number of para-hydroxylation sites is 2. The first kappa shape index (κ1) is 81.2. The lowest BCUT2D eigenvalue weighted by molar-refractivity contribution is -0.183. The fourth-order valence-corrected chi connectivity index (χ4v) is 19.7. The Kier molecular flexibility index (Phi) is 25.7. The van der Waals surface area contributed by atoms with Gasteiger partial charge in [-0.25, -0.2) is 13.1 Å². The molecule has 584 valence electrons. The highest BCUT2D eigenvalue weighted by molar-refractivity contribution is 7.89. The van der Waals surface area contributed by atoms with Gasteiger partial charge in [-0.05, 0) is 165 Å². The molecule has 0 radical (unpaired) electrons. The van der Waals surface area contributed by atoms with Crippen molar-refractivity contribution in [3.8, 4) is 33.8 Å². The summed E-state index contributed by atoms with van der Waals surface area (Å²) >= 11 is 0. The maximum Gasteiger partial charge on any atom is 0.264 e. The molecule has 4 bridgehead atoms. The number of ether oxygens (including phenoxy) is 2. The number of rotatable bonds is 28. The first-order valence-electron chi connectivity index (χ1n) is 38.2. The van der Waals surface area contributed by atoms with E-state index in [1.165, 1.54) is 25.5 Å². The highest BCUT2D eigenvalue weighted by Gasteiger charge is 2.59. The number of methoxy groups -OCH3 is 2. The van der Waals surface area contributed by atoms with Gasteiger partial charge < -0.3 is 55.7 Å². The lowest BCUT2D eigenvalue weighted by Crippen LogP contribution is -2.62. The number of amides is 4. The zero-order valence-electron chi connectivity index (χ0n) is 65.1. The Bertz CT molecular complexity index is 4240. The average Bonchev–Trinajstić information content (AvgIpc) is 0.835. The largest absolute Gasteiger partial charge is 0.496 e. The second kappa shape index (κ2) is 34.2. The number of likely N-dealkylation sites (N-methyl/N-ethyl adjacent to an activating group) is 1. The van der Waals surface area contributed by atoms with Crippen LogP contribution in [0, 0.1) is 58.2 Å². The Morgan fingerprint density at radius 1 is 0.593 bits per heavy atom. The fourth-order valence-electron chi connectivity index (χ4n) is 18.6. The number of aryl methyl sites for hydroxylation is 1. The van der Waals surface area contributed by atoms with Gasteiger partial charge in [0, 0.05) is 89.7 Å². The highest BCUT2D eigenvalue weighted by atomic mass is 32.2. The molecule has 17 atom stereocenters. The van der Waals surface area contributed by atoms with Crippen LogP contribution in [0.15, 0.2) is 140 Å². The van der Waals surface area contributed by atoms with E-state index in [0.29, 0.717) is 80.5 Å². The zero-order valence-corrected chi connectivity index (χ0v) is 66.0. The first-order valence-corrected chi connectivity index (χ1v) is 39.9. The average molecular weight is 1500 g/mol. The summed E-state index contributed by atoms with van der Waals surface area (Å²) in [5, 5.41) is 55.6. The summed E-state index contributed by atoms with van der Waals surface area (Å²) in [6.45, 7) is 17.3. The molecule has 0 unspecified atom stereocenters. The minimum absolute atomic E-state index is 0.000472. The van der Waals surface area contributed by atoms with Crippen LogP contribution >= 0.6 is 0 Å². The number of carbonyl (C=O) groups excluding carboxylic acids is 4. The van der Waals surface area contributed by atoms with Crippen molar-refractivity contribution in [3.05, 3.63) is 173 Å². The molecule has 22 nitrogen and oxygen atoms in total. The molecule has 6 saturated carbocycles. The van der Waals surface area contributed by atoms with E-state index in [4.69, 9.17) is 19.1 Å². The molecule has 6 aliphatic carbocycles. The fraction of sp³-hybridized carbons (Fsp3) is 0.529. The lowest BCUT2D eigenvalue weighted by Gasteiger charge is -2.62. The third-order valence-corrected chi connectivity index (χ3v) is 26.0. The van der Waals surface area contributed by atoms with Crippen LogP contribution in [0.3, 0.4) is 0 Å². The van der Waals surface area contributed by atoms with Crippen LogP contribution in [-0.2, 0) is 54.6 Å². The third-order valence-electron chi connectivity index (χ3n) is 24.8. The molecule has 8 N–H and O–H groups in total. The maximum atomic E-state index is 14.2. The van der Waals surface area contributed by atoms with Gasteiger partial charge in [-0.1, -0.05) is 151 Å². The van der Waals surface area contributed by atoms with Crippen LogP contribution < -0.4 is 35.0 Å². The van der Waals surface area contributed by atoms with Crippen molar-refractivity contribution in [3.63, 3.8) is 0 Å². The van der Waals surface area contributed by atoms with E-state index < -0.39 is 64.3 Å². The minimum Gasteiger partial charge on any atom is -0.496 e. The smallest absolute Gasteiger partial charge is 0.264 e. The molecule has 2 heterocycles. The number of nitrogens with zero attached hydrogens (tertiary/aromatic N) is 4. The number of aliphatic hydroxyl groups is 4. The van der Waals surface area contributed by atoms with Crippen LogP contribution in [-0.4, -0.2) is 184 Å². The van der Waals surface area contributed by atoms with Gasteiger partial charge >= 0.3 is 0 Å². The summed E-state index contributed by atoms with van der Waals surface area (Å²) in [6, 6.07) is 41.2. The van der Waals surface area contributed by atoms with Crippen LogP contribution in [0.2, 0.25) is 0 Å². The number of nitrogens with one attached hydrogen (secondary N) is 4. The van der Waals surface area contributed by atoms with Crippen LogP contribution in [0.1, 0.15) is 130 Å². The van der Waals surface area contributed by atoms with Gasteiger partial charge in [0.25, 0.3) is 11.8 Å². The molecule has 4 amide bonds. The van der Waals surface area contributed by atoms with E-state index in [1.54, 1.807) is 73.5 Å². The Hall–Kier alpha value is -7.81. The number of benzene rings is 6. The third kappa shape index (κ3) is 17.7. The van der Waals surface area contributed by atoms with E-state index in [9.17, 15) is 48.0 Å². The maximum absolute atomic E-state index is 14.2. The number of hydrogen-bond acceptors (Lipinski definition) is 18. The van der Waals surface area contributed by atoms with Crippen molar-refractivity contribution in [1.29, 1.82) is 0 Å². The van der Waals surface area contributed by atoms with Crippen molar-refractivity contribution < 1.29 is 67.2 Å². The number of hydrogen-bond donors (Lipinski definition) is 8. The standard InChI is InChI=1S/C44H60N4O6.C41H54N4O8S/c1-27-36-22-33(44(36,3)4)23-37(27)46-43(52)40-39(28(2)50)38(26-49)54-48(40)24-32-17-12-18-35(41(32)53-7)30-15-11-16-31(21-30)42(51)45-34(25-47(5)6)20-19-29-13-9-8-10-14-29;1-24-33-19-30(41(33,3)4)20-34(24)42-40(49)37-36(25(2)47)35(22-46)53-45(37)21-27-14-11-15-32(38(27)52-7)28-16-29(18-31(17-28)44(5)6)39(48)43-54(50,51)23-26-12-9-8-10-13-26/h8-18,21,27-28,33-34,36-40,49-50H,19-20,22-26H2,1-7H3,(H,45,51)(H,46,52);8-18,24-25,30,33-37,46-47H,19-23H2,1-7H3,(H,42,49)(H,43,48)/t27-,28-,33+,34-,36-,37-,38-,39-,40-;24-,25-,30+,33-,34-,35-,36+,37-/m00/s1. The van der Waals surface area contributed by atoms with Gasteiger partial charge in [0.1, 0.15) is 35.8 Å². The predicted molar refractivity (Wildman–Crippen MR) is 417 cm³/mol. The van der Waals surface area contributed by atoms with Crippen molar-refractivity contribution in [2.75, 3.05) is 67.1 Å². The van der Waals surface area contributed by atoms with E-state index >= 15 is 0 Å². The summed E-state index contributed by atoms with van der Waals surface area (Å²) in [6.07, 6.45) is 2.51. The molecule has 108 heavy (non-hydrogen) atoms. The molecule has 0 spiro atoms. The molecule has 6 aromatic carbocycles. The van der Waals surface area contributed by atoms with Crippen molar-refractivity contribution in [1.82, 2.24) is 35.7 Å². The number of anilines is 1. The highest BCUT2D eigenvalue weighted by Crippen LogP contribution is 2.62. The summed E-state index contributed by atoms with van der Waals surface area (Å²) in [7, 11) is 6.81. The number of hydroxylamine groups is 4. The Morgan fingerprint density at radius 3 is 1.51 bits per heavy atom. The van der Waals surface area contributed by atoms with E-state index in [0.717, 1.165) is 48.9 Å². The molecule has 8 fully saturated rings. The number of carbonyl (C=O) groups is 4. The summed E-state index contributed by atoms with van der Waals surface area (Å²) in [4.78, 5) is 72.0. The van der Waals surface area contributed by atoms with Crippen molar-refractivity contribution in [2.45, 2.75) is 167 Å². The van der Waals surface area contributed by atoms with E-state index in [-0.39, 0.29) is 84.3 Å². The summed E-state index contributed by atoms with van der Waals surface area (Å²) < 4.78 is 40.2. The molecule has 6 aromatic rings. The van der Waals surface area contributed by atoms with Crippen LogP contribution in [0.4, 0.5) is 5.69 Å². The Balaban J connectivity index is 0.000000215. The van der Waals surface area contributed by atoms with Gasteiger partial charge in [-0.3, -0.25) is 28.9 Å². The van der Waals surface area contributed by atoms with Gasteiger partial charge in [0.2, 0.25) is 21.8 Å². The number of fused-ring (bicyclic) bond motifs is 4. The van der Waals surface area contributed by atoms with E-state index in [2.05, 4.69) is 79.2 Å². The van der Waals surface area contributed by atoms with Gasteiger partial charge in [0.05, 0.1) is 58.5 Å². The van der Waals surface area contributed by atoms with E-state index in [1.807, 2.05) is 118 Å². The van der Waals surface area contributed by atoms with Gasteiger partial charge in [-0.2, -0.15) is 10.1 Å². The Morgan fingerprint density at radius 2 is 1.06 bits per heavy atom. The van der Waals surface area contributed by atoms with Gasteiger partial charge in [-0.15, -0.1) is 0 Å². The zero-order chi connectivity index (χ0) is 77.8. The van der Waals surface area contributed by atoms with Crippen molar-refractivity contribution in [2.24, 2.45) is 58.2 Å². The number of sulfonamides is 1. The molecule has 2 aliphatic heterocycles. The topological polar surface area (TPSA) is 281 Å². The summed E-state index contributed by atoms with van der Waals surface area (Å²) in [5.74, 6) is 0.879. The molecule has 0 aromatic heterocycles. The first-order chi connectivity index (χ1) is 51.4. The molecule has 8 aliphatic rings. The predicted octanol–water partition coefficient (Wildman–Crippen LogP) is 9.66. The van der Waals surface area contributed by atoms with Crippen molar-refractivity contribution >= 4 is 39.3 Å². The van der Waals surface area contributed by atoms with Gasteiger partial charge in [0.15, 0.2) is 0 Å². The monoisotopic (exact) mass is 1500 g/mol. The summed E-state index contributed by atoms with van der Waals surface area (Å²) in [5.41, 5.74) is 7.96. The molecule has 23 heteroatoms. The molecule has 14 rings (SSSR count). The second-order valence-electron chi connectivity index (χ2n) is 32.8. The molecular weight excluding hydrogens is 1390 g/mol. The molecular formula is C85H114N8O14S. The molecule has 2 saturated heterocycles. The van der Waals surface area contributed by atoms with Crippen LogP contribution in [0.5, 0.6) is 11.5 Å². The second-order valence-corrected chi connectivity index (χ2v) is 34.6. The lowest BCUT2D eigenvalue weighted by atomic mass is 9.45. The normalized spacial score (nSPS) is 27.0. The minimum atomic E-state index is -4.00.